The van der Waals surface area contributed by atoms with Crippen molar-refractivity contribution in [2.45, 2.75) is 44.7 Å². The van der Waals surface area contributed by atoms with Crippen LogP contribution in [0.15, 0.2) is 12.1 Å². The van der Waals surface area contributed by atoms with Crippen LogP contribution in [-0.4, -0.2) is 30.1 Å². The van der Waals surface area contributed by atoms with Crippen molar-refractivity contribution in [3.05, 3.63) is 29.3 Å². The van der Waals surface area contributed by atoms with Gasteiger partial charge >= 0.3 is 0 Å². The highest BCUT2D eigenvalue weighted by Crippen LogP contribution is 2.31. The van der Waals surface area contributed by atoms with Crippen molar-refractivity contribution in [2.24, 2.45) is 0 Å². The number of hydrogen-bond acceptors (Lipinski definition) is 2. The summed E-state index contributed by atoms with van der Waals surface area (Å²) in [6, 6.07) is 3.44. The monoisotopic (exact) mass is 266 g/mol. The molecule has 104 valence electrons. The van der Waals surface area contributed by atoms with Gasteiger partial charge in [0, 0.05) is 18.6 Å². The Kier molecular flexibility index (Phi) is 3.44. The third-order valence-electron chi connectivity index (χ3n) is 4.47. The van der Waals surface area contributed by atoms with Crippen molar-refractivity contribution in [3.8, 4) is 0 Å². The Morgan fingerprint density at radius 2 is 2.00 bits per heavy atom. The SMILES string of the molecule is Cc1ccc(F)c(NC2CCN3CCCCC23)c1F. The summed E-state index contributed by atoms with van der Waals surface area (Å²) >= 11 is 0. The molecule has 2 fully saturated rings. The van der Waals surface area contributed by atoms with E-state index in [9.17, 15) is 8.78 Å². The molecule has 1 aromatic carbocycles. The van der Waals surface area contributed by atoms with Crippen LogP contribution in [0.2, 0.25) is 0 Å². The molecule has 0 aromatic heterocycles. The topological polar surface area (TPSA) is 15.3 Å². The molecule has 0 spiro atoms. The molecular weight excluding hydrogens is 246 g/mol. The second-order valence-electron chi connectivity index (χ2n) is 5.69. The molecule has 2 atom stereocenters. The van der Waals surface area contributed by atoms with Crippen LogP contribution in [-0.2, 0) is 0 Å². The molecule has 4 heteroatoms. The van der Waals surface area contributed by atoms with Crippen LogP contribution in [0.3, 0.4) is 0 Å². The number of hydrogen-bond donors (Lipinski definition) is 1. The summed E-state index contributed by atoms with van der Waals surface area (Å²) in [4.78, 5) is 2.45. The highest BCUT2D eigenvalue weighted by molar-refractivity contribution is 5.50. The van der Waals surface area contributed by atoms with Crippen LogP contribution in [0.1, 0.15) is 31.2 Å². The molecule has 0 aliphatic carbocycles. The van der Waals surface area contributed by atoms with Gasteiger partial charge < -0.3 is 5.32 Å². The first-order valence-corrected chi connectivity index (χ1v) is 7.12. The highest BCUT2D eigenvalue weighted by Gasteiger charge is 2.36. The number of benzene rings is 1. The minimum Gasteiger partial charge on any atom is -0.376 e. The van der Waals surface area contributed by atoms with Crippen molar-refractivity contribution in [3.63, 3.8) is 0 Å². The van der Waals surface area contributed by atoms with E-state index in [4.69, 9.17) is 0 Å². The molecule has 1 N–H and O–H groups in total. The first-order chi connectivity index (χ1) is 9.16. The maximum absolute atomic E-state index is 14.0. The van der Waals surface area contributed by atoms with E-state index < -0.39 is 11.6 Å². The van der Waals surface area contributed by atoms with Crippen LogP contribution in [0.5, 0.6) is 0 Å². The lowest BCUT2D eigenvalue weighted by Crippen LogP contribution is -2.42. The number of piperidine rings is 1. The Morgan fingerprint density at radius 1 is 1.16 bits per heavy atom. The standard InChI is InChI=1S/C15H20F2N2/c1-10-5-6-11(16)15(14(10)17)18-12-7-9-19-8-3-2-4-13(12)19/h5-6,12-13,18H,2-4,7-9H2,1H3. The van der Waals surface area contributed by atoms with Gasteiger partial charge in [-0.1, -0.05) is 12.5 Å². The smallest absolute Gasteiger partial charge is 0.152 e. The van der Waals surface area contributed by atoms with E-state index in [2.05, 4.69) is 10.2 Å². The van der Waals surface area contributed by atoms with Crippen molar-refractivity contribution in [1.29, 1.82) is 0 Å². The number of halogens is 2. The van der Waals surface area contributed by atoms with Gasteiger partial charge in [0.2, 0.25) is 0 Å². The quantitative estimate of drug-likeness (QED) is 0.883. The number of anilines is 1. The van der Waals surface area contributed by atoms with Crippen LogP contribution < -0.4 is 5.32 Å². The van der Waals surface area contributed by atoms with E-state index in [-0.39, 0.29) is 11.7 Å². The molecule has 0 amide bonds. The average Bonchev–Trinajstić information content (AvgIpc) is 2.83. The van der Waals surface area contributed by atoms with Gasteiger partial charge in [-0.25, -0.2) is 8.78 Å². The lowest BCUT2D eigenvalue weighted by Gasteiger charge is -2.33. The third kappa shape index (κ3) is 2.34. The molecule has 2 aliphatic heterocycles. The van der Waals surface area contributed by atoms with Gasteiger partial charge in [0.05, 0.1) is 0 Å². The molecule has 2 unspecified atom stereocenters. The number of nitrogens with zero attached hydrogens (tertiary/aromatic N) is 1. The lowest BCUT2D eigenvalue weighted by molar-refractivity contribution is 0.192. The van der Waals surface area contributed by atoms with Gasteiger partial charge in [-0.15, -0.1) is 0 Å². The Hall–Kier alpha value is -1.16. The molecule has 0 radical (unpaired) electrons. The van der Waals surface area contributed by atoms with Crippen LogP contribution in [0.25, 0.3) is 0 Å². The Balaban J connectivity index is 1.80. The average molecular weight is 266 g/mol. The molecule has 2 saturated heterocycles. The first kappa shape index (κ1) is 12.9. The minimum atomic E-state index is -0.489. The van der Waals surface area contributed by atoms with Crippen LogP contribution in [0, 0.1) is 18.6 Å². The summed E-state index contributed by atoms with van der Waals surface area (Å²) < 4.78 is 27.8. The zero-order chi connectivity index (χ0) is 13.4. The first-order valence-electron chi connectivity index (χ1n) is 7.12. The molecular formula is C15H20F2N2. The molecule has 0 saturated carbocycles. The van der Waals surface area contributed by atoms with E-state index in [0.717, 1.165) is 25.9 Å². The predicted molar refractivity (Wildman–Crippen MR) is 72.3 cm³/mol. The normalized spacial score (nSPS) is 27.3. The maximum atomic E-state index is 14.0. The molecule has 0 bridgehead atoms. The summed E-state index contributed by atoms with van der Waals surface area (Å²) in [5, 5.41) is 3.13. The van der Waals surface area contributed by atoms with Crippen molar-refractivity contribution in [1.82, 2.24) is 4.90 Å². The molecule has 1 aromatic rings. The minimum absolute atomic E-state index is 0.0532. The molecule has 2 nitrogen and oxygen atoms in total. The highest BCUT2D eigenvalue weighted by atomic mass is 19.1. The Bertz CT molecular complexity index is 475. The fourth-order valence-corrected chi connectivity index (χ4v) is 3.39. The summed E-state index contributed by atoms with van der Waals surface area (Å²) in [6.45, 7) is 3.83. The van der Waals surface area contributed by atoms with Gasteiger partial charge in [-0.3, -0.25) is 4.90 Å². The van der Waals surface area contributed by atoms with E-state index in [1.165, 1.54) is 25.0 Å². The fraction of sp³-hybridized carbons (Fsp3) is 0.600. The molecule has 19 heavy (non-hydrogen) atoms. The molecule has 2 aliphatic rings. The van der Waals surface area contributed by atoms with Gasteiger partial charge in [0.1, 0.15) is 11.5 Å². The zero-order valence-corrected chi connectivity index (χ0v) is 11.3. The summed E-state index contributed by atoms with van der Waals surface area (Å²) in [7, 11) is 0. The van der Waals surface area contributed by atoms with Crippen LogP contribution >= 0.6 is 0 Å². The summed E-state index contributed by atoms with van der Waals surface area (Å²) in [6.07, 6.45) is 4.57. The van der Waals surface area contributed by atoms with Gasteiger partial charge in [-0.05, 0) is 44.4 Å². The second-order valence-corrected chi connectivity index (χ2v) is 5.69. The largest absolute Gasteiger partial charge is 0.376 e. The maximum Gasteiger partial charge on any atom is 0.152 e. The summed E-state index contributed by atoms with van der Waals surface area (Å²) in [5.74, 6) is -0.938. The Labute approximate surface area is 112 Å². The molecule has 2 heterocycles. The van der Waals surface area contributed by atoms with E-state index in [1.54, 1.807) is 6.92 Å². The zero-order valence-electron chi connectivity index (χ0n) is 11.3. The summed E-state index contributed by atoms with van der Waals surface area (Å²) in [5.41, 5.74) is 0.542. The van der Waals surface area contributed by atoms with Crippen LogP contribution in [0.4, 0.5) is 14.5 Å². The van der Waals surface area contributed by atoms with E-state index >= 15 is 0 Å². The van der Waals surface area contributed by atoms with Crippen molar-refractivity contribution >= 4 is 5.69 Å². The fourth-order valence-electron chi connectivity index (χ4n) is 3.39. The van der Waals surface area contributed by atoms with Gasteiger partial charge in [-0.2, -0.15) is 0 Å². The number of nitrogens with one attached hydrogen (secondary N) is 1. The second kappa shape index (κ2) is 5.08. The number of rotatable bonds is 2. The van der Waals surface area contributed by atoms with Crippen molar-refractivity contribution in [2.75, 3.05) is 18.4 Å². The lowest BCUT2D eigenvalue weighted by atomic mass is 9.98. The number of fused-ring (bicyclic) bond motifs is 1. The van der Waals surface area contributed by atoms with E-state index in [0.29, 0.717) is 11.6 Å². The van der Waals surface area contributed by atoms with Gasteiger partial charge in [0.15, 0.2) is 5.82 Å². The molecule has 3 rings (SSSR count). The van der Waals surface area contributed by atoms with Crippen molar-refractivity contribution < 1.29 is 8.78 Å². The predicted octanol–water partition coefficient (Wildman–Crippen LogP) is 3.31. The van der Waals surface area contributed by atoms with Gasteiger partial charge in [0.25, 0.3) is 0 Å². The van der Waals surface area contributed by atoms with E-state index in [1.807, 2.05) is 0 Å². The Morgan fingerprint density at radius 3 is 2.84 bits per heavy atom. The third-order valence-corrected chi connectivity index (χ3v) is 4.47. The number of aryl methyl sites for hydroxylation is 1.